The van der Waals surface area contributed by atoms with Crippen LogP contribution in [0.4, 0.5) is 11.4 Å². The third kappa shape index (κ3) is 2.13. The van der Waals surface area contributed by atoms with Gasteiger partial charge in [0.2, 0.25) is 0 Å². The fourth-order valence-corrected chi connectivity index (χ4v) is 2.05. The first-order valence-corrected chi connectivity index (χ1v) is 5.90. The van der Waals surface area contributed by atoms with Crippen molar-refractivity contribution in [3.05, 3.63) is 33.9 Å². The Kier molecular flexibility index (Phi) is 3.18. The molecule has 0 spiro atoms. The van der Waals surface area contributed by atoms with E-state index < -0.39 is 4.92 Å². The molecule has 0 saturated heterocycles. The lowest BCUT2D eigenvalue weighted by molar-refractivity contribution is -0.384. The van der Waals surface area contributed by atoms with Crippen LogP contribution in [-0.2, 0) is 0 Å². The molecule has 18 heavy (non-hydrogen) atoms. The Labute approximate surface area is 105 Å². The molecule has 6 nitrogen and oxygen atoms in total. The summed E-state index contributed by atoms with van der Waals surface area (Å²) in [7, 11) is 0. The summed E-state index contributed by atoms with van der Waals surface area (Å²) < 4.78 is 0. The molecule has 0 unspecified atom stereocenters. The number of carbonyl (C=O) groups is 1. The van der Waals surface area contributed by atoms with Crippen LogP contribution >= 0.6 is 0 Å². The minimum absolute atomic E-state index is 0.0256. The molecule has 0 radical (unpaired) electrons. The maximum Gasteiger partial charge on any atom is 0.304 e. The van der Waals surface area contributed by atoms with Crippen molar-refractivity contribution >= 4 is 17.3 Å². The highest BCUT2D eigenvalue weighted by Crippen LogP contribution is 2.32. The highest BCUT2D eigenvalue weighted by molar-refractivity contribution is 6.00. The molecule has 0 heterocycles. The van der Waals surface area contributed by atoms with Gasteiger partial charge in [0.05, 0.1) is 4.92 Å². The number of benzene rings is 1. The van der Waals surface area contributed by atoms with Gasteiger partial charge < -0.3 is 10.6 Å². The van der Waals surface area contributed by atoms with E-state index in [1.807, 2.05) is 6.92 Å². The molecule has 2 N–H and O–H groups in total. The molecule has 1 aromatic rings. The van der Waals surface area contributed by atoms with Crippen molar-refractivity contribution in [1.29, 1.82) is 0 Å². The molecule has 1 amide bonds. The van der Waals surface area contributed by atoms with E-state index in [0.29, 0.717) is 6.54 Å². The smallest absolute Gasteiger partial charge is 0.304 e. The molecule has 0 bridgehead atoms. The first-order valence-electron chi connectivity index (χ1n) is 5.90. The summed E-state index contributed by atoms with van der Waals surface area (Å²) in [5, 5.41) is 11.0. The molecule has 1 aromatic carbocycles. The molecule has 0 aromatic heterocycles. The minimum atomic E-state index is -0.594. The van der Waals surface area contributed by atoms with E-state index in [-0.39, 0.29) is 28.9 Å². The van der Waals surface area contributed by atoms with Gasteiger partial charge in [-0.25, -0.2) is 0 Å². The third-order valence-electron chi connectivity index (χ3n) is 3.07. The molecule has 1 aliphatic carbocycles. The highest BCUT2D eigenvalue weighted by Gasteiger charge is 2.35. The number of nitrogens with zero attached hydrogens (tertiary/aromatic N) is 2. The predicted molar refractivity (Wildman–Crippen MR) is 67.2 cm³/mol. The van der Waals surface area contributed by atoms with Crippen molar-refractivity contribution in [2.75, 3.05) is 12.3 Å². The standard InChI is InChI=1S/C12H15N3O3/c1-2-14(8-6-7-8)12(16)9-4-3-5-10(13)11(9)15(17)18/h3-5,8H,2,6-7,13H2,1H3. The van der Waals surface area contributed by atoms with Gasteiger partial charge >= 0.3 is 5.69 Å². The van der Waals surface area contributed by atoms with E-state index in [0.717, 1.165) is 12.8 Å². The molecule has 1 fully saturated rings. The number of nitro benzene ring substituents is 1. The number of nitrogens with two attached hydrogens (primary N) is 1. The Morgan fingerprint density at radius 2 is 2.22 bits per heavy atom. The number of hydrogen-bond donors (Lipinski definition) is 1. The highest BCUT2D eigenvalue weighted by atomic mass is 16.6. The van der Waals surface area contributed by atoms with Crippen LogP contribution < -0.4 is 5.73 Å². The second kappa shape index (κ2) is 4.64. The van der Waals surface area contributed by atoms with Gasteiger partial charge in [-0.3, -0.25) is 14.9 Å². The average molecular weight is 249 g/mol. The zero-order valence-electron chi connectivity index (χ0n) is 10.1. The van der Waals surface area contributed by atoms with Crippen molar-refractivity contribution in [2.45, 2.75) is 25.8 Å². The Bertz CT molecular complexity index is 497. The largest absolute Gasteiger partial charge is 0.393 e. The lowest BCUT2D eigenvalue weighted by Gasteiger charge is -2.20. The number of nitrogen functional groups attached to an aromatic ring is 1. The van der Waals surface area contributed by atoms with Crippen molar-refractivity contribution in [3.8, 4) is 0 Å². The van der Waals surface area contributed by atoms with Gasteiger partial charge in [-0.1, -0.05) is 6.07 Å². The summed E-state index contributed by atoms with van der Waals surface area (Å²) in [5.74, 6) is -0.306. The molecule has 0 atom stereocenters. The molecule has 1 aliphatic rings. The van der Waals surface area contributed by atoms with Gasteiger partial charge in [0.1, 0.15) is 11.3 Å². The first kappa shape index (κ1) is 12.3. The lowest BCUT2D eigenvalue weighted by atomic mass is 10.1. The quantitative estimate of drug-likeness (QED) is 0.500. The second-order valence-corrected chi connectivity index (χ2v) is 4.32. The van der Waals surface area contributed by atoms with Crippen molar-refractivity contribution < 1.29 is 9.72 Å². The Balaban J connectivity index is 2.40. The van der Waals surface area contributed by atoms with E-state index in [1.165, 1.54) is 12.1 Å². The molecule has 2 rings (SSSR count). The summed E-state index contributed by atoms with van der Waals surface area (Å²) in [6, 6.07) is 4.68. The summed E-state index contributed by atoms with van der Waals surface area (Å²) in [5.41, 5.74) is 5.39. The molecular weight excluding hydrogens is 234 g/mol. The number of nitro groups is 1. The topological polar surface area (TPSA) is 89.5 Å². The maximum absolute atomic E-state index is 12.3. The minimum Gasteiger partial charge on any atom is -0.393 e. The Morgan fingerprint density at radius 1 is 1.56 bits per heavy atom. The predicted octanol–water partition coefficient (Wildman–Crippen LogP) is 1.80. The number of anilines is 1. The van der Waals surface area contributed by atoms with Crippen LogP contribution in [0.5, 0.6) is 0 Å². The third-order valence-corrected chi connectivity index (χ3v) is 3.07. The van der Waals surface area contributed by atoms with E-state index in [1.54, 1.807) is 11.0 Å². The van der Waals surface area contributed by atoms with Crippen LogP contribution in [0.3, 0.4) is 0 Å². The summed E-state index contributed by atoms with van der Waals surface area (Å²) in [4.78, 5) is 24.4. The number of rotatable bonds is 4. The Hall–Kier alpha value is -2.11. The fraction of sp³-hybridized carbons (Fsp3) is 0.417. The van der Waals surface area contributed by atoms with E-state index in [4.69, 9.17) is 5.73 Å². The van der Waals surface area contributed by atoms with Crippen LogP contribution in [-0.4, -0.2) is 28.3 Å². The van der Waals surface area contributed by atoms with Crippen LogP contribution in [0.1, 0.15) is 30.1 Å². The first-order chi connectivity index (χ1) is 8.56. The number of carbonyl (C=O) groups excluding carboxylic acids is 1. The number of hydrogen-bond acceptors (Lipinski definition) is 4. The molecular formula is C12H15N3O3. The zero-order chi connectivity index (χ0) is 13.3. The monoisotopic (exact) mass is 249 g/mol. The van der Waals surface area contributed by atoms with Gasteiger partial charge in [0, 0.05) is 12.6 Å². The van der Waals surface area contributed by atoms with Crippen molar-refractivity contribution in [3.63, 3.8) is 0 Å². The van der Waals surface area contributed by atoms with E-state index >= 15 is 0 Å². The van der Waals surface area contributed by atoms with Crippen LogP contribution in [0.25, 0.3) is 0 Å². The van der Waals surface area contributed by atoms with Gasteiger partial charge in [-0.2, -0.15) is 0 Å². The van der Waals surface area contributed by atoms with Crippen LogP contribution in [0.2, 0.25) is 0 Å². The zero-order valence-corrected chi connectivity index (χ0v) is 10.1. The van der Waals surface area contributed by atoms with Gasteiger partial charge in [-0.05, 0) is 31.9 Å². The average Bonchev–Trinajstić information content (AvgIpc) is 3.13. The van der Waals surface area contributed by atoms with Crippen LogP contribution in [0, 0.1) is 10.1 Å². The van der Waals surface area contributed by atoms with E-state index in [2.05, 4.69) is 0 Å². The summed E-state index contributed by atoms with van der Waals surface area (Å²) in [6.45, 7) is 2.42. The summed E-state index contributed by atoms with van der Waals surface area (Å²) in [6.07, 6.45) is 1.94. The summed E-state index contributed by atoms with van der Waals surface area (Å²) >= 11 is 0. The van der Waals surface area contributed by atoms with Gasteiger partial charge in [0.15, 0.2) is 0 Å². The molecule has 96 valence electrons. The van der Waals surface area contributed by atoms with E-state index in [9.17, 15) is 14.9 Å². The van der Waals surface area contributed by atoms with Crippen LogP contribution in [0.15, 0.2) is 18.2 Å². The molecule has 1 saturated carbocycles. The normalized spacial score (nSPS) is 14.3. The number of para-hydroxylation sites is 1. The lowest BCUT2D eigenvalue weighted by Crippen LogP contribution is -2.33. The van der Waals surface area contributed by atoms with Gasteiger partial charge in [-0.15, -0.1) is 0 Å². The van der Waals surface area contributed by atoms with Crippen molar-refractivity contribution in [1.82, 2.24) is 4.90 Å². The molecule has 6 heteroatoms. The fourth-order valence-electron chi connectivity index (χ4n) is 2.05. The molecule has 0 aliphatic heterocycles. The SMILES string of the molecule is CCN(C(=O)c1cccc(N)c1[N+](=O)[O-])C1CC1. The maximum atomic E-state index is 12.3. The van der Waals surface area contributed by atoms with Gasteiger partial charge in [0.25, 0.3) is 5.91 Å². The number of amides is 1. The van der Waals surface area contributed by atoms with Crippen molar-refractivity contribution in [2.24, 2.45) is 0 Å². The Morgan fingerprint density at radius 3 is 2.72 bits per heavy atom. The second-order valence-electron chi connectivity index (χ2n) is 4.32.